The molecule has 1 aliphatic rings. The zero-order valence-electron chi connectivity index (χ0n) is 30.0. The second-order valence-corrected chi connectivity index (χ2v) is 12.3. The van der Waals surface area contributed by atoms with Crippen LogP contribution < -0.4 is 10.5 Å². The van der Waals surface area contributed by atoms with Crippen molar-refractivity contribution in [1.29, 1.82) is 0 Å². The van der Waals surface area contributed by atoms with Gasteiger partial charge in [0.25, 0.3) is 0 Å². The predicted molar refractivity (Wildman–Crippen MR) is 190 cm³/mol. The maximum atomic E-state index is 13.5. The number of nitrogens with zero attached hydrogens (tertiary/aromatic N) is 3. The smallest absolute Gasteiger partial charge is 0.338 e. The van der Waals surface area contributed by atoms with Crippen molar-refractivity contribution in [2.24, 2.45) is 5.73 Å². The molecule has 0 saturated carbocycles. The first-order chi connectivity index (χ1) is 27.0. The molecule has 3 atom stereocenters. The Morgan fingerprint density at radius 1 is 0.714 bits per heavy atom. The van der Waals surface area contributed by atoms with Crippen LogP contribution in [0.2, 0.25) is 0 Å². The Hall–Kier alpha value is -5.77. The fraction of sp³-hybridized carbons (Fsp3) is 0.417. The minimum atomic E-state index is -1.55. The largest absolute Gasteiger partial charge is 0.508 e. The number of aromatic hydroxyl groups is 8. The summed E-state index contributed by atoms with van der Waals surface area (Å²) in [5, 5.41) is 90.0. The van der Waals surface area contributed by atoms with Crippen LogP contribution >= 0.6 is 0 Å². The van der Waals surface area contributed by atoms with Gasteiger partial charge in [-0.15, -0.1) is 5.10 Å². The molecule has 0 bridgehead atoms. The Kier molecular flexibility index (Phi) is 14.6. The molecule has 304 valence electrons. The number of phenols is 8. The van der Waals surface area contributed by atoms with E-state index in [4.69, 9.17) is 38.9 Å². The van der Waals surface area contributed by atoms with Crippen molar-refractivity contribution in [3.63, 3.8) is 0 Å². The Labute approximate surface area is 319 Å². The molecule has 0 fully saturated rings. The van der Waals surface area contributed by atoms with E-state index in [9.17, 15) is 45.6 Å². The van der Waals surface area contributed by atoms with Crippen LogP contribution in [0.25, 0.3) is 0 Å². The van der Waals surface area contributed by atoms with Crippen molar-refractivity contribution in [3.05, 3.63) is 65.0 Å². The Morgan fingerprint density at radius 3 is 1.89 bits per heavy atom. The number of carbonyl (C=O) groups excluding carboxylic acids is 1. The van der Waals surface area contributed by atoms with Gasteiger partial charge in [0.1, 0.15) is 23.4 Å². The Morgan fingerprint density at radius 2 is 1.29 bits per heavy atom. The average Bonchev–Trinajstić information content (AvgIpc) is 3.62. The van der Waals surface area contributed by atoms with E-state index in [1.165, 1.54) is 10.7 Å². The summed E-state index contributed by atoms with van der Waals surface area (Å²) in [6.07, 6.45) is -2.22. The summed E-state index contributed by atoms with van der Waals surface area (Å²) in [5.41, 5.74) is 5.51. The quantitative estimate of drug-likeness (QED) is 0.0329. The van der Waals surface area contributed by atoms with Crippen LogP contribution in [0.5, 0.6) is 51.7 Å². The number of esters is 1. The molecule has 0 radical (unpaired) electrons. The van der Waals surface area contributed by atoms with Gasteiger partial charge in [0.15, 0.2) is 46.7 Å². The lowest BCUT2D eigenvalue weighted by Gasteiger charge is -2.39. The van der Waals surface area contributed by atoms with Crippen molar-refractivity contribution in [2.45, 2.75) is 31.3 Å². The van der Waals surface area contributed by atoms with Crippen LogP contribution in [0.4, 0.5) is 0 Å². The number of hydrogen-bond donors (Lipinski definition) is 9. The van der Waals surface area contributed by atoms with Crippen LogP contribution in [-0.2, 0) is 41.4 Å². The van der Waals surface area contributed by atoms with Gasteiger partial charge in [-0.1, -0.05) is 5.21 Å². The molecule has 20 nitrogen and oxygen atoms in total. The second kappa shape index (κ2) is 19.7. The first-order valence-corrected chi connectivity index (χ1v) is 17.4. The summed E-state index contributed by atoms with van der Waals surface area (Å²) in [7, 11) is 0. The third kappa shape index (κ3) is 10.7. The SMILES string of the molecule is NCCOCCOCCOCCOCCc1cn(CCOC2c3c(O)cc(O)cc3OC(c3cc(O)c(O)c(O)c3)C2OC(=O)c2cc(O)c(O)c(O)c2)nn1. The van der Waals surface area contributed by atoms with Crippen molar-refractivity contribution in [2.75, 3.05) is 66.0 Å². The molecular weight excluding hydrogens is 744 g/mol. The lowest BCUT2D eigenvalue weighted by atomic mass is 9.90. The number of phenolic OH excluding ortho intramolecular Hbond substituents is 8. The number of benzene rings is 3. The number of rotatable bonds is 21. The molecule has 0 spiro atoms. The van der Waals surface area contributed by atoms with E-state index in [0.29, 0.717) is 71.5 Å². The summed E-state index contributed by atoms with van der Waals surface area (Å²) < 4.78 is 41.3. The maximum Gasteiger partial charge on any atom is 0.338 e. The van der Waals surface area contributed by atoms with Crippen LogP contribution in [-0.4, -0.2) is 134 Å². The Balaban J connectivity index is 1.25. The summed E-state index contributed by atoms with van der Waals surface area (Å²) in [4.78, 5) is 13.5. The van der Waals surface area contributed by atoms with Gasteiger partial charge in [0.2, 0.25) is 0 Å². The molecule has 4 aromatic rings. The zero-order chi connectivity index (χ0) is 40.2. The predicted octanol–water partition coefficient (Wildman–Crippen LogP) is 1.61. The van der Waals surface area contributed by atoms with Gasteiger partial charge in [-0.3, -0.25) is 0 Å². The first kappa shape index (κ1) is 41.4. The molecule has 56 heavy (non-hydrogen) atoms. The monoisotopic (exact) mass is 788 g/mol. The number of nitrogens with two attached hydrogens (primary N) is 1. The van der Waals surface area contributed by atoms with E-state index in [0.717, 1.165) is 30.3 Å². The number of carbonyl (C=O) groups is 1. The second-order valence-electron chi connectivity index (χ2n) is 12.3. The van der Waals surface area contributed by atoms with Gasteiger partial charge in [-0.2, -0.15) is 0 Å². The van der Waals surface area contributed by atoms with E-state index in [2.05, 4.69) is 10.3 Å². The van der Waals surface area contributed by atoms with E-state index in [-0.39, 0.29) is 30.0 Å². The lowest BCUT2D eigenvalue weighted by molar-refractivity contribution is -0.112. The first-order valence-electron chi connectivity index (χ1n) is 17.4. The van der Waals surface area contributed by atoms with Crippen LogP contribution in [0.3, 0.4) is 0 Å². The molecule has 10 N–H and O–H groups in total. The summed E-state index contributed by atoms with van der Waals surface area (Å²) in [5.74, 6) is -6.98. The third-order valence-electron chi connectivity index (χ3n) is 8.29. The summed E-state index contributed by atoms with van der Waals surface area (Å²) >= 11 is 0. The fourth-order valence-corrected chi connectivity index (χ4v) is 5.63. The van der Waals surface area contributed by atoms with Gasteiger partial charge in [-0.25, -0.2) is 9.48 Å². The molecule has 3 aromatic carbocycles. The highest BCUT2D eigenvalue weighted by Crippen LogP contribution is 2.51. The minimum absolute atomic E-state index is 0.0296. The maximum absolute atomic E-state index is 13.5. The fourth-order valence-electron chi connectivity index (χ4n) is 5.63. The van der Waals surface area contributed by atoms with E-state index < -0.39 is 75.8 Å². The van der Waals surface area contributed by atoms with Gasteiger partial charge in [-0.05, 0) is 24.3 Å². The van der Waals surface area contributed by atoms with Crippen LogP contribution in [0, 0.1) is 0 Å². The topological polar surface area (TPSA) is 300 Å². The molecule has 3 unspecified atom stereocenters. The summed E-state index contributed by atoms with van der Waals surface area (Å²) in [6.45, 7) is 3.83. The van der Waals surface area contributed by atoms with Crippen molar-refractivity contribution in [3.8, 4) is 51.7 Å². The third-order valence-corrected chi connectivity index (χ3v) is 8.29. The Bertz CT molecular complexity index is 1880. The standard InChI is InChI=1S/C36H44N4O16/c37-2-5-51-8-10-53-12-11-52-9-7-50-4-1-22-19-40(39-38-22)3-6-54-34-30-24(42)17-23(41)18-29(30)55-33(20-13-25(43)31(47)26(44)14-20)35(34)56-36(49)21-15-27(45)32(48)28(46)16-21/h13-19,33-35,41-48H,1-12,37H2. The highest BCUT2D eigenvalue weighted by atomic mass is 16.6. The van der Waals surface area contributed by atoms with Crippen molar-refractivity contribution >= 4 is 5.97 Å². The van der Waals surface area contributed by atoms with E-state index >= 15 is 0 Å². The molecule has 0 amide bonds. The van der Waals surface area contributed by atoms with E-state index in [1.54, 1.807) is 6.20 Å². The van der Waals surface area contributed by atoms with Gasteiger partial charge in [0, 0.05) is 36.9 Å². The number of ether oxygens (including phenoxy) is 7. The highest BCUT2D eigenvalue weighted by molar-refractivity contribution is 5.91. The van der Waals surface area contributed by atoms with Crippen molar-refractivity contribution < 1.29 is 78.8 Å². The minimum Gasteiger partial charge on any atom is -0.508 e. The molecular formula is C36H44N4O16. The van der Waals surface area contributed by atoms with E-state index in [1.807, 2.05) is 0 Å². The molecule has 1 aromatic heterocycles. The van der Waals surface area contributed by atoms with Crippen LogP contribution in [0.1, 0.15) is 39.4 Å². The van der Waals surface area contributed by atoms with Gasteiger partial charge < -0.3 is 79.7 Å². The molecule has 0 saturated heterocycles. The summed E-state index contributed by atoms with van der Waals surface area (Å²) in [6, 6.07) is 5.95. The van der Waals surface area contributed by atoms with Crippen LogP contribution in [0.15, 0.2) is 42.6 Å². The molecule has 5 rings (SSSR count). The normalized spacial score (nSPS) is 16.3. The lowest BCUT2D eigenvalue weighted by Crippen LogP contribution is -2.39. The number of aromatic nitrogens is 3. The van der Waals surface area contributed by atoms with Gasteiger partial charge in [0.05, 0.1) is 82.8 Å². The van der Waals surface area contributed by atoms with Crippen molar-refractivity contribution in [1.82, 2.24) is 15.0 Å². The number of fused-ring (bicyclic) bond motifs is 1. The molecule has 1 aliphatic heterocycles. The zero-order valence-corrected chi connectivity index (χ0v) is 30.0. The van der Waals surface area contributed by atoms with Gasteiger partial charge >= 0.3 is 5.97 Å². The molecule has 20 heteroatoms. The highest BCUT2D eigenvalue weighted by Gasteiger charge is 2.45. The number of hydrogen-bond acceptors (Lipinski definition) is 19. The molecule has 0 aliphatic carbocycles. The average molecular weight is 789 g/mol. The molecule has 2 heterocycles.